The summed E-state index contributed by atoms with van der Waals surface area (Å²) in [6.07, 6.45) is 27.0. The van der Waals surface area contributed by atoms with Gasteiger partial charge in [-0.3, -0.25) is 0 Å². The van der Waals surface area contributed by atoms with Crippen LogP contribution in [0, 0.1) is 35.1 Å². The Bertz CT molecular complexity index is 2010. The average Bonchev–Trinajstić information content (AvgIpc) is 3.29. The van der Waals surface area contributed by atoms with E-state index in [9.17, 15) is 0 Å². The maximum absolute atomic E-state index is 6.13. The van der Waals surface area contributed by atoms with Crippen molar-refractivity contribution < 1.29 is 9.47 Å². The van der Waals surface area contributed by atoms with E-state index < -0.39 is 8.07 Å². The number of benzene rings is 3. The fourth-order valence-corrected chi connectivity index (χ4v) is 15.3. The fraction of sp³-hybridized carbons (Fsp3) is 0.613. The second-order valence-electron chi connectivity index (χ2n) is 20.2. The highest BCUT2D eigenvalue weighted by atomic mass is 28.3. The van der Waals surface area contributed by atoms with E-state index in [1.54, 1.807) is 0 Å². The summed E-state index contributed by atoms with van der Waals surface area (Å²) in [5, 5.41) is 0. The monoisotopic (exact) mass is 895 g/mol. The minimum Gasteiger partial charge on any atom is -0.465 e. The highest BCUT2D eigenvalue weighted by Gasteiger charge is 2.41. The Labute approximate surface area is 401 Å². The molecule has 0 aromatic heterocycles. The molecule has 1 atom stereocenters. The van der Waals surface area contributed by atoms with Crippen LogP contribution in [0.5, 0.6) is 5.75 Å². The van der Waals surface area contributed by atoms with Crippen LogP contribution in [0.15, 0.2) is 48.5 Å². The van der Waals surface area contributed by atoms with E-state index in [2.05, 4.69) is 141 Å². The van der Waals surface area contributed by atoms with Crippen molar-refractivity contribution in [1.29, 1.82) is 0 Å². The van der Waals surface area contributed by atoms with Crippen LogP contribution in [0.25, 0.3) is 0 Å². The number of rotatable bonds is 25. The van der Waals surface area contributed by atoms with Crippen LogP contribution in [0.4, 0.5) is 0 Å². The average molecular weight is 895 g/mol. The largest absolute Gasteiger partial charge is 0.465 e. The van der Waals surface area contributed by atoms with E-state index in [0.717, 1.165) is 68.4 Å². The lowest BCUT2D eigenvalue weighted by atomic mass is 9.91. The maximum atomic E-state index is 6.13. The summed E-state index contributed by atoms with van der Waals surface area (Å²) >= 11 is 0. The van der Waals surface area contributed by atoms with Gasteiger partial charge in [0.25, 0.3) is 0 Å². The molecule has 3 aromatic rings. The summed E-state index contributed by atoms with van der Waals surface area (Å²) in [6.45, 7) is 24.6. The zero-order chi connectivity index (χ0) is 46.9. The molecule has 3 aromatic carbocycles. The van der Waals surface area contributed by atoms with Gasteiger partial charge in [-0.2, -0.15) is 0 Å². The van der Waals surface area contributed by atoms with Crippen molar-refractivity contribution in [3.8, 4) is 40.9 Å². The van der Waals surface area contributed by atoms with Gasteiger partial charge in [0.1, 0.15) is 13.8 Å². The Balaban J connectivity index is 1.85. The number of hydrogen-bond acceptors (Lipinski definition) is 2. The predicted molar refractivity (Wildman–Crippen MR) is 285 cm³/mol. The predicted octanol–water partition coefficient (Wildman–Crippen LogP) is 17.5. The van der Waals surface area contributed by atoms with Crippen LogP contribution in [-0.4, -0.2) is 21.0 Å². The van der Waals surface area contributed by atoms with Gasteiger partial charge in [0, 0.05) is 34.2 Å². The molecule has 1 aliphatic rings. The van der Waals surface area contributed by atoms with Gasteiger partial charge in [-0.25, -0.2) is 0 Å². The molecule has 354 valence electrons. The second-order valence-corrected chi connectivity index (χ2v) is 25.7. The highest BCUT2D eigenvalue weighted by Crippen LogP contribution is 2.41. The first-order valence-electron chi connectivity index (χ1n) is 26.8. The number of hydrogen-bond donors (Lipinski definition) is 0. The standard InChI is InChI=1S/C62H90O2Si/c1-11-15-19-23-29-53-46-58(54(30-24-20-16-12-2)45-57(53)37-34-52-35-40-61(41-36-52)64-62-33-27-28-43-63-62)38-39-59-47-56(32-26-22-18-14-4)60(48-55(59)31-25-21-17-13-3)42-44-65(49(5)6,50(7)8)51(9)10/h35-36,40-41,45-51,62H,11-33,43H2,1-10H3. The molecule has 0 bridgehead atoms. The summed E-state index contributed by atoms with van der Waals surface area (Å²) in [4.78, 5) is 0. The van der Waals surface area contributed by atoms with Crippen LogP contribution >= 0.6 is 0 Å². The molecule has 3 heteroatoms. The van der Waals surface area contributed by atoms with Crippen LogP contribution in [0.1, 0.15) is 241 Å². The van der Waals surface area contributed by atoms with Gasteiger partial charge in [0.2, 0.25) is 0 Å². The lowest BCUT2D eigenvalue weighted by Crippen LogP contribution is -2.43. The minimum absolute atomic E-state index is 0.145. The van der Waals surface area contributed by atoms with Gasteiger partial charge in [0.15, 0.2) is 6.29 Å². The number of ether oxygens (including phenoxy) is 2. The van der Waals surface area contributed by atoms with Crippen molar-refractivity contribution in [2.45, 2.75) is 240 Å². The van der Waals surface area contributed by atoms with Gasteiger partial charge >= 0.3 is 0 Å². The SMILES string of the molecule is CCCCCCc1cc(C#Cc2cc(CCCCCC)c(C#C[Si](C(C)C)(C(C)C)C(C)C)cc2CCCCCC)c(CCCCCC)cc1C#Cc1ccc(OC2CCCCO2)cc1. The molecule has 2 nitrogen and oxygen atoms in total. The highest BCUT2D eigenvalue weighted by molar-refractivity contribution is 6.90. The summed E-state index contributed by atoms with van der Waals surface area (Å²) in [5.41, 5.74) is 17.2. The molecule has 1 heterocycles. The normalized spacial score (nSPS) is 13.9. The van der Waals surface area contributed by atoms with E-state index in [1.165, 1.54) is 142 Å². The van der Waals surface area contributed by atoms with E-state index >= 15 is 0 Å². The first-order valence-corrected chi connectivity index (χ1v) is 29.1. The Morgan fingerprint density at radius 2 is 0.877 bits per heavy atom. The Kier molecular flexibility index (Phi) is 24.8. The van der Waals surface area contributed by atoms with E-state index in [0.29, 0.717) is 16.6 Å². The smallest absolute Gasteiger partial charge is 0.199 e. The van der Waals surface area contributed by atoms with Crippen molar-refractivity contribution in [1.82, 2.24) is 0 Å². The number of aryl methyl sites for hydroxylation is 4. The molecule has 1 aliphatic heterocycles. The molecule has 0 radical (unpaired) electrons. The molecule has 0 spiro atoms. The van der Waals surface area contributed by atoms with Crippen molar-refractivity contribution in [3.63, 3.8) is 0 Å². The molecule has 65 heavy (non-hydrogen) atoms. The summed E-state index contributed by atoms with van der Waals surface area (Å²) in [6, 6.07) is 18.1. The van der Waals surface area contributed by atoms with Gasteiger partial charge in [0.05, 0.1) is 6.61 Å². The second kappa shape index (κ2) is 29.9. The molecule has 1 fully saturated rings. The van der Waals surface area contributed by atoms with Crippen LogP contribution in [-0.2, 0) is 30.4 Å². The topological polar surface area (TPSA) is 18.5 Å². The Morgan fingerprint density at radius 1 is 0.492 bits per heavy atom. The molecule has 0 amide bonds. The van der Waals surface area contributed by atoms with Gasteiger partial charge < -0.3 is 9.47 Å². The van der Waals surface area contributed by atoms with Gasteiger partial charge in [-0.05, 0) is 152 Å². The van der Waals surface area contributed by atoms with Crippen molar-refractivity contribution in [2.24, 2.45) is 0 Å². The third-order valence-electron chi connectivity index (χ3n) is 14.1. The quantitative estimate of drug-likeness (QED) is 0.0479. The Hall–Kier alpha value is -3.68. The van der Waals surface area contributed by atoms with Crippen LogP contribution in [0.3, 0.4) is 0 Å². The zero-order valence-corrected chi connectivity index (χ0v) is 44.2. The molecular weight excluding hydrogens is 805 g/mol. The molecule has 0 N–H and O–H groups in total. The van der Waals surface area contributed by atoms with E-state index in [1.807, 2.05) is 12.1 Å². The zero-order valence-electron chi connectivity index (χ0n) is 43.2. The first-order chi connectivity index (χ1) is 31.6. The fourth-order valence-electron chi connectivity index (χ4n) is 10.1. The lowest BCUT2D eigenvalue weighted by molar-refractivity contribution is -0.105. The molecule has 4 rings (SSSR count). The summed E-state index contributed by atoms with van der Waals surface area (Å²) < 4.78 is 11.9. The van der Waals surface area contributed by atoms with E-state index in [4.69, 9.17) is 9.47 Å². The van der Waals surface area contributed by atoms with Crippen molar-refractivity contribution in [3.05, 3.63) is 98.6 Å². The molecular formula is C62H90O2Si. The van der Waals surface area contributed by atoms with Crippen molar-refractivity contribution in [2.75, 3.05) is 6.61 Å². The van der Waals surface area contributed by atoms with Crippen LogP contribution in [0.2, 0.25) is 16.6 Å². The minimum atomic E-state index is -1.89. The Morgan fingerprint density at radius 3 is 1.23 bits per heavy atom. The molecule has 0 saturated carbocycles. The van der Waals surface area contributed by atoms with E-state index in [-0.39, 0.29) is 6.29 Å². The third kappa shape index (κ3) is 17.5. The van der Waals surface area contributed by atoms with Gasteiger partial charge in [-0.15, -0.1) is 5.54 Å². The lowest BCUT2D eigenvalue weighted by Gasteiger charge is -2.38. The van der Waals surface area contributed by atoms with Crippen molar-refractivity contribution >= 4 is 8.07 Å². The maximum Gasteiger partial charge on any atom is 0.199 e. The third-order valence-corrected chi connectivity index (χ3v) is 20.4. The number of unbranched alkanes of at least 4 members (excludes halogenated alkanes) is 12. The molecule has 0 aliphatic carbocycles. The summed E-state index contributed by atoms with van der Waals surface area (Å²) in [5.74, 6) is 19.8. The van der Waals surface area contributed by atoms with Gasteiger partial charge in [-0.1, -0.05) is 176 Å². The van der Waals surface area contributed by atoms with Crippen LogP contribution < -0.4 is 4.74 Å². The molecule has 1 saturated heterocycles. The molecule has 1 unspecified atom stereocenters. The summed E-state index contributed by atoms with van der Waals surface area (Å²) in [7, 11) is -1.89. The first kappa shape index (κ1) is 53.9.